The summed E-state index contributed by atoms with van der Waals surface area (Å²) in [5, 5.41) is 20.3. The van der Waals surface area contributed by atoms with Crippen LogP contribution >= 0.6 is 22.7 Å². The molecule has 1 atom stereocenters. The van der Waals surface area contributed by atoms with E-state index >= 15 is 0 Å². The molecule has 0 radical (unpaired) electrons. The first-order valence-corrected chi connectivity index (χ1v) is 20.3. The standard InChI is InChI=1S/C38H41N17OS2/c1-21-9-29(57-31(21)36(56)41-3)49-32-34-43-14-27(54(34)19-24(47-32)5-7-39)23-12-46-53(17-23)18-25-13-42-26-10-30(58-37(26)48-25)50-33-35-44-15-28(22-11-45-52(4)16-22)55(35)20-38(2,51-33)6-8-40/h9-17,19H,5-8,18,20,39-40H2,1-4H3,(H,41,56)(H,47,49)(H,50,51). The highest BCUT2D eigenvalue weighted by molar-refractivity contribution is 7.22. The van der Waals surface area contributed by atoms with Crippen molar-refractivity contribution in [1.82, 2.24) is 58.8 Å². The normalized spacial score (nSPS) is 15.2. The molecule has 1 aliphatic heterocycles. The van der Waals surface area contributed by atoms with Crippen molar-refractivity contribution >= 4 is 66.2 Å². The maximum atomic E-state index is 12.4. The van der Waals surface area contributed by atoms with Crippen molar-refractivity contribution in [2.75, 3.05) is 30.8 Å². The summed E-state index contributed by atoms with van der Waals surface area (Å²) in [7, 11) is 3.53. The van der Waals surface area contributed by atoms with E-state index < -0.39 is 5.54 Å². The third-order valence-electron chi connectivity index (χ3n) is 9.95. The van der Waals surface area contributed by atoms with Crippen LogP contribution in [0, 0.1) is 6.92 Å². The van der Waals surface area contributed by atoms with Gasteiger partial charge in [-0.2, -0.15) is 10.2 Å². The van der Waals surface area contributed by atoms with E-state index in [1.165, 1.54) is 22.7 Å². The van der Waals surface area contributed by atoms with Crippen LogP contribution in [0.2, 0.25) is 0 Å². The zero-order valence-electron chi connectivity index (χ0n) is 32.3. The fourth-order valence-corrected chi connectivity index (χ4v) is 9.11. The van der Waals surface area contributed by atoms with Crippen molar-refractivity contribution in [1.29, 1.82) is 0 Å². The number of fused-ring (bicyclic) bond motifs is 3. The average Bonchev–Trinajstić information content (AvgIpc) is 4.05. The predicted molar refractivity (Wildman–Crippen MR) is 226 cm³/mol. The van der Waals surface area contributed by atoms with Crippen molar-refractivity contribution in [3.63, 3.8) is 0 Å². The van der Waals surface area contributed by atoms with Gasteiger partial charge in [0.05, 0.1) is 80.7 Å². The molecule has 58 heavy (non-hydrogen) atoms. The molecule has 18 nitrogen and oxygen atoms in total. The molecule has 8 aromatic heterocycles. The van der Waals surface area contributed by atoms with Gasteiger partial charge in [-0.1, -0.05) is 11.3 Å². The Balaban J connectivity index is 0.957. The maximum absolute atomic E-state index is 12.4. The number of nitrogens with two attached hydrogens (primary N) is 2. The molecular weight excluding hydrogens is 775 g/mol. The van der Waals surface area contributed by atoms with Gasteiger partial charge in [-0.15, -0.1) is 11.3 Å². The molecule has 9 rings (SSSR count). The van der Waals surface area contributed by atoms with Crippen LogP contribution in [0.1, 0.15) is 45.8 Å². The number of anilines is 3. The monoisotopic (exact) mass is 815 g/mol. The Morgan fingerprint density at radius 3 is 2.50 bits per heavy atom. The summed E-state index contributed by atoms with van der Waals surface area (Å²) < 4.78 is 7.81. The number of hydrogen-bond donors (Lipinski definition) is 5. The van der Waals surface area contributed by atoms with Crippen LogP contribution in [0.3, 0.4) is 0 Å². The van der Waals surface area contributed by atoms with Gasteiger partial charge in [-0.3, -0.25) is 28.5 Å². The minimum atomic E-state index is -0.417. The second-order valence-corrected chi connectivity index (χ2v) is 16.5. The number of aromatic nitrogens is 11. The smallest absolute Gasteiger partial charge is 0.261 e. The number of rotatable bonds is 12. The lowest BCUT2D eigenvalue weighted by atomic mass is 9.96. The second kappa shape index (κ2) is 14.9. The van der Waals surface area contributed by atoms with Crippen molar-refractivity contribution in [3.8, 4) is 22.5 Å². The van der Waals surface area contributed by atoms with Gasteiger partial charge in [0.2, 0.25) is 0 Å². The Morgan fingerprint density at radius 1 is 0.897 bits per heavy atom. The number of amidine groups is 1. The minimum Gasteiger partial charge on any atom is -0.354 e. The lowest BCUT2D eigenvalue weighted by Crippen LogP contribution is -2.40. The van der Waals surface area contributed by atoms with E-state index in [0.29, 0.717) is 54.8 Å². The summed E-state index contributed by atoms with van der Waals surface area (Å²) in [5.74, 6) is 1.87. The SMILES string of the molecule is CNC(=O)c1sc(Nc2nc(CCN)cn3c(-c4cnn(Cc5cnc6cc(NC7=NC(C)(CCN)Cn8c(-c9cnn(C)c9)cnc87)sc6n5)c4)cnc23)cc1C. The third kappa shape index (κ3) is 6.99. The summed E-state index contributed by atoms with van der Waals surface area (Å²) in [6.07, 6.45) is 16.3. The van der Waals surface area contributed by atoms with Crippen LogP contribution in [0.5, 0.6) is 0 Å². The van der Waals surface area contributed by atoms with Gasteiger partial charge < -0.3 is 32.0 Å². The minimum absolute atomic E-state index is 0.129. The molecule has 8 aromatic rings. The number of carbonyl (C=O) groups excluding carboxylic acids is 1. The highest BCUT2D eigenvalue weighted by Gasteiger charge is 2.33. The van der Waals surface area contributed by atoms with Gasteiger partial charge in [-0.25, -0.2) is 19.9 Å². The number of imidazole rings is 2. The van der Waals surface area contributed by atoms with Gasteiger partial charge in [0.25, 0.3) is 5.91 Å². The van der Waals surface area contributed by atoms with Crippen molar-refractivity contribution in [3.05, 3.63) is 89.4 Å². The number of thiophene rings is 2. The molecule has 1 unspecified atom stereocenters. The summed E-state index contributed by atoms with van der Waals surface area (Å²) in [6, 6.07) is 3.92. The van der Waals surface area contributed by atoms with Crippen LogP contribution in [-0.2, 0) is 26.6 Å². The van der Waals surface area contributed by atoms with Gasteiger partial charge in [0, 0.05) is 62.8 Å². The second-order valence-electron chi connectivity index (χ2n) is 14.4. The lowest BCUT2D eigenvalue weighted by molar-refractivity contribution is 0.0966. The third-order valence-corrected chi connectivity index (χ3v) is 12.0. The number of nitrogens with zero attached hydrogens (tertiary/aromatic N) is 12. The van der Waals surface area contributed by atoms with E-state index in [4.69, 9.17) is 41.4 Å². The highest BCUT2D eigenvalue weighted by Crippen LogP contribution is 2.34. The van der Waals surface area contributed by atoms with Crippen molar-refractivity contribution in [2.24, 2.45) is 23.5 Å². The van der Waals surface area contributed by atoms with Crippen LogP contribution < -0.4 is 27.4 Å². The molecule has 296 valence electrons. The Bertz CT molecular complexity index is 2850. The van der Waals surface area contributed by atoms with E-state index in [-0.39, 0.29) is 5.91 Å². The molecule has 0 spiro atoms. The molecule has 0 saturated heterocycles. The summed E-state index contributed by atoms with van der Waals surface area (Å²) in [4.78, 5) is 43.0. The lowest BCUT2D eigenvalue weighted by Gasteiger charge is -2.32. The predicted octanol–water partition coefficient (Wildman–Crippen LogP) is 4.20. The van der Waals surface area contributed by atoms with Crippen LogP contribution in [-0.4, -0.2) is 90.9 Å². The Labute approximate surface area is 340 Å². The highest BCUT2D eigenvalue weighted by atomic mass is 32.1. The first kappa shape index (κ1) is 37.2. The van der Waals surface area contributed by atoms with Gasteiger partial charge in [0.15, 0.2) is 23.1 Å². The molecule has 0 aliphatic carbocycles. The van der Waals surface area contributed by atoms with Crippen LogP contribution in [0.4, 0.5) is 15.8 Å². The summed E-state index contributed by atoms with van der Waals surface area (Å²) in [5.41, 5.74) is 19.1. The Morgan fingerprint density at radius 2 is 1.71 bits per heavy atom. The molecule has 20 heteroatoms. The number of amides is 1. The zero-order chi connectivity index (χ0) is 40.1. The first-order chi connectivity index (χ1) is 28.1. The topological polar surface area (TPSA) is 227 Å². The van der Waals surface area contributed by atoms with E-state index in [0.717, 1.165) is 72.1 Å². The van der Waals surface area contributed by atoms with Crippen molar-refractivity contribution in [2.45, 2.75) is 45.3 Å². The molecule has 1 aliphatic rings. The van der Waals surface area contributed by atoms with Crippen molar-refractivity contribution < 1.29 is 4.79 Å². The first-order valence-electron chi connectivity index (χ1n) is 18.7. The molecule has 0 bridgehead atoms. The quantitative estimate of drug-likeness (QED) is 0.117. The van der Waals surface area contributed by atoms with E-state index in [1.54, 1.807) is 24.1 Å². The van der Waals surface area contributed by atoms with Crippen LogP contribution in [0.25, 0.3) is 38.5 Å². The summed E-state index contributed by atoms with van der Waals surface area (Å²) in [6.45, 7) is 6.05. The van der Waals surface area contributed by atoms with E-state index in [2.05, 4.69) is 37.6 Å². The van der Waals surface area contributed by atoms with Crippen LogP contribution in [0.15, 0.2) is 66.7 Å². The van der Waals surface area contributed by atoms with E-state index in [1.807, 2.05) is 72.4 Å². The maximum Gasteiger partial charge on any atom is 0.261 e. The zero-order valence-corrected chi connectivity index (χ0v) is 33.9. The van der Waals surface area contributed by atoms with E-state index in [9.17, 15) is 4.79 Å². The number of nitrogens with one attached hydrogen (secondary N) is 3. The molecule has 9 heterocycles. The van der Waals surface area contributed by atoms with Gasteiger partial charge >= 0.3 is 0 Å². The summed E-state index contributed by atoms with van der Waals surface area (Å²) >= 11 is 2.87. The van der Waals surface area contributed by atoms with Gasteiger partial charge in [-0.05, 0) is 45.0 Å². The van der Waals surface area contributed by atoms with Gasteiger partial charge in [0.1, 0.15) is 10.3 Å². The Kier molecular flexibility index (Phi) is 9.54. The molecule has 7 N–H and O–H groups in total. The number of aryl methyl sites for hydroxylation is 2. The molecule has 0 saturated carbocycles. The molecular formula is C38H41N17OS2. The molecule has 1 amide bonds. The fourth-order valence-electron chi connectivity index (χ4n) is 7.19. The fraction of sp³-hybridized carbons (Fsp3) is 0.289. The molecule has 0 aromatic carbocycles. The average molecular weight is 816 g/mol. The number of hydrogen-bond acceptors (Lipinski definition) is 15. The number of aliphatic imine (C=N–C) groups is 1. The number of carbonyl (C=O) groups is 1. The molecule has 0 fully saturated rings. The Hall–Kier alpha value is -6.35. The largest absolute Gasteiger partial charge is 0.354 e.